The number of hydrogen-bond acceptors (Lipinski definition) is 4. The van der Waals surface area contributed by atoms with Gasteiger partial charge in [-0.3, -0.25) is 9.59 Å². The highest BCUT2D eigenvalue weighted by atomic mass is 16.5. The minimum absolute atomic E-state index is 0.0949. The molecule has 4 rings (SSSR count). The van der Waals surface area contributed by atoms with Crippen LogP contribution in [0.2, 0.25) is 0 Å². The normalized spacial score (nSPS) is 17.7. The van der Waals surface area contributed by atoms with Gasteiger partial charge in [0.15, 0.2) is 0 Å². The van der Waals surface area contributed by atoms with E-state index in [0.717, 1.165) is 5.56 Å². The summed E-state index contributed by atoms with van der Waals surface area (Å²) < 4.78 is 5.35. The first-order chi connectivity index (χ1) is 15.1. The molecule has 31 heavy (non-hydrogen) atoms. The number of nitrogens with zero attached hydrogens (tertiary/aromatic N) is 1. The van der Waals surface area contributed by atoms with Crippen LogP contribution in [0.15, 0.2) is 90.5 Å². The average Bonchev–Trinajstić information content (AvgIpc) is 3.08. The van der Waals surface area contributed by atoms with Gasteiger partial charge in [-0.15, -0.1) is 0 Å². The first-order valence-corrected chi connectivity index (χ1v) is 10.1. The van der Waals surface area contributed by atoms with E-state index in [-0.39, 0.29) is 11.3 Å². The molecule has 1 saturated heterocycles. The lowest BCUT2D eigenvalue weighted by molar-refractivity contribution is -0.139. The lowest BCUT2D eigenvalue weighted by Gasteiger charge is -2.25. The van der Waals surface area contributed by atoms with Crippen molar-refractivity contribution in [2.24, 2.45) is 0 Å². The predicted octanol–water partition coefficient (Wildman–Crippen LogP) is 4.36. The smallest absolute Gasteiger partial charge is 0.295 e. The van der Waals surface area contributed by atoms with Gasteiger partial charge < -0.3 is 14.7 Å². The number of ketones is 1. The molecule has 0 radical (unpaired) electrons. The van der Waals surface area contributed by atoms with Crippen molar-refractivity contribution in [3.63, 3.8) is 0 Å². The second kappa shape index (κ2) is 8.88. The summed E-state index contributed by atoms with van der Waals surface area (Å²) in [6.45, 7) is 0.349. The van der Waals surface area contributed by atoms with Gasteiger partial charge >= 0.3 is 0 Å². The number of likely N-dealkylation sites (tertiary alicyclic amines) is 1. The highest BCUT2D eigenvalue weighted by Gasteiger charge is 2.45. The van der Waals surface area contributed by atoms with E-state index < -0.39 is 17.7 Å². The van der Waals surface area contributed by atoms with Crippen molar-refractivity contribution in [2.75, 3.05) is 13.7 Å². The van der Waals surface area contributed by atoms with Gasteiger partial charge in [0.1, 0.15) is 11.5 Å². The third-order valence-electron chi connectivity index (χ3n) is 5.48. The van der Waals surface area contributed by atoms with Crippen LogP contribution in [-0.2, 0) is 16.0 Å². The Morgan fingerprint density at radius 1 is 0.935 bits per heavy atom. The zero-order chi connectivity index (χ0) is 21.8. The zero-order valence-electron chi connectivity index (χ0n) is 17.2. The van der Waals surface area contributed by atoms with Crippen molar-refractivity contribution < 1.29 is 19.4 Å². The molecule has 1 fully saturated rings. The maximum Gasteiger partial charge on any atom is 0.295 e. The molecule has 0 bridgehead atoms. The maximum atomic E-state index is 13.0. The molecule has 0 aliphatic carbocycles. The number of aliphatic hydroxyl groups is 1. The number of rotatable bonds is 6. The summed E-state index contributed by atoms with van der Waals surface area (Å²) in [4.78, 5) is 27.6. The maximum absolute atomic E-state index is 13.0. The summed E-state index contributed by atoms with van der Waals surface area (Å²) in [5.41, 5.74) is 2.37. The minimum Gasteiger partial charge on any atom is -0.507 e. The van der Waals surface area contributed by atoms with E-state index in [1.807, 2.05) is 48.5 Å². The van der Waals surface area contributed by atoms with Crippen LogP contribution in [0.5, 0.6) is 5.75 Å². The quantitative estimate of drug-likeness (QED) is 0.370. The number of ether oxygens (including phenoxy) is 1. The second-order valence-corrected chi connectivity index (χ2v) is 7.37. The Morgan fingerprint density at radius 3 is 2.29 bits per heavy atom. The van der Waals surface area contributed by atoms with Gasteiger partial charge in [-0.25, -0.2) is 0 Å². The van der Waals surface area contributed by atoms with Crippen LogP contribution in [0.1, 0.15) is 22.7 Å². The van der Waals surface area contributed by atoms with E-state index in [2.05, 4.69) is 0 Å². The van der Waals surface area contributed by atoms with Crippen LogP contribution in [0, 0.1) is 0 Å². The number of carbonyl (C=O) groups excluding carboxylic acids is 2. The molecule has 1 aliphatic heterocycles. The standard InChI is InChI=1S/C26H23NO4/c1-31-21-14-8-13-20(17-21)23-22(24(28)19-11-6-3-7-12-19)25(29)26(30)27(23)16-15-18-9-4-2-5-10-18/h2-14,17,23,28H,15-16H2,1H3/t23-/m1/s1. The Labute approximate surface area is 181 Å². The summed E-state index contributed by atoms with van der Waals surface area (Å²) >= 11 is 0. The third kappa shape index (κ3) is 4.08. The van der Waals surface area contributed by atoms with Crippen molar-refractivity contribution in [1.82, 2.24) is 4.90 Å². The summed E-state index contributed by atoms with van der Waals surface area (Å²) in [6.07, 6.45) is 0.597. The monoisotopic (exact) mass is 413 g/mol. The Morgan fingerprint density at radius 2 is 1.61 bits per heavy atom. The number of Topliss-reactive ketones (excluding diaryl/α,β-unsaturated/α-hetero) is 1. The minimum atomic E-state index is -0.695. The lowest BCUT2D eigenvalue weighted by Crippen LogP contribution is -2.31. The number of aliphatic hydroxyl groups excluding tert-OH is 1. The molecule has 1 N–H and O–H groups in total. The predicted molar refractivity (Wildman–Crippen MR) is 119 cm³/mol. The van der Waals surface area contributed by atoms with E-state index in [4.69, 9.17) is 4.74 Å². The zero-order valence-corrected chi connectivity index (χ0v) is 17.2. The molecule has 3 aromatic carbocycles. The van der Waals surface area contributed by atoms with Gasteiger partial charge in [0.25, 0.3) is 11.7 Å². The number of benzene rings is 3. The fourth-order valence-electron chi connectivity index (χ4n) is 3.91. The molecule has 1 amide bonds. The molecule has 1 heterocycles. The lowest BCUT2D eigenvalue weighted by atomic mass is 9.95. The molecular weight excluding hydrogens is 390 g/mol. The van der Waals surface area contributed by atoms with Crippen LogP contribution >= 0.6 is 0 Å². The SMILES string of the molecule is COc1cccc([C@@H]2C(=C(O)c3ccccc3)C(=O)C(=O)N2CCc2ccccc2)c1. The molecule has 0 spiro atoms. The van der Waals surface area contributed by atoms with E-state index >= 15 is 0 Å². The average molecular weight is 413 g/mol. The molecule has 5 nitrogen and oxygen atoms in total. The van der Waals surface area contributed by atoms with Crippen molar-refractivity contribution in [3.8, 4) is 5.75 Å². The topological polar surface area (TPSA) is 66.8 Å². The van der Waals surface area contributed by atoms with Crippen molar-refractivity contribution in [3.05, 3.63) is 107 Å². The van der Waals surface area contributed by atoms with Crippen LogP contribution in [0.25, 0.3) is 5.76 Å². The van der Waals surface area contributed by atoms with Crippen LogP contribution in [0.4, 0.5) is 0 Å². The Balaban J connectivity index is 1.79. The first-order valence-electron chi connectivity index (χ1n) is 10.1. The van der Waals surface area contributed by atoms with Crippen LogP contribution in [0.3, 0.4) is 0 Å². The molecule has 5 heteroatoms. The van der Waals surface area contributed by atoms with Crippen LogP contribution < -0.4 is 4.74 Å². The molecular formula is C26H23NO4. The van der Waals surface area contributed by atoms with Crippen molar-refractivity contribution >= 4 is 17.4 Å². The molecule has 0 unspecified atom stereocenters. The number of amides is 1. The number of carbonyl (C=O) groups is 2. The van der Waals surface area contributed by atoms with Gasteiger partial charge in [0.05, 0.1) is 18.7 Å². The fraction of sp³-hybridized carbons (Fsp3) is 0.154. The Kier molecular flexibility index (Phi) is 5.85. The Bertz CT molecular complexity index is 1120. The summed E-state index contributed by atoms with van der Waals surface area (Å²) in [7, 11) is 1.56. The van der Waals surface area contributed by atoms with E-state index in [1.54, 1.807) is 48.4 Å². The van der Waals surface area contributed by atoms with Gasteiger partial charge in [0, 0.05) is 12.1 Å². The molecule has 156 valence electrons. The summed E-state index contributed by atoms with van der Waals surface area (Å²) in [6, 6.07) is 25.2. The molecule has 1 atom stereocenters. The third-order valence-corrected chi connectivity index (χ3v) is 5.48. The van der Waals surface area contributed by atoms with Crippen LogP contribution in [-0.4, -0.2) is 35.4 Å². The van der Waals surface area contributed by atoms with Gasteiger partial charge in [0.2, 0.25) is 0 Å². The largest absolute Gasteiger partial charge is 0.507 e. The fourth-order valence-corrected chi connectivity index (χ4v) is 3.91. The van der Waals surface area contributed by atoms with Gasteiger partial charge in [-0.05, 0) is 29.7 Å². The van der Waals surface area contributed by atoms with Crippen molar-refractivity contribution in [1.29, 1.82) is 0 Å². The highest BCUT2D eigenvalue weighted by molar-refractivity contribution is 6.46. The molecule has 0 aromatic heterocycles. The Hall–Kier alpha value is -3.86. The summed E-state index contributed by atoms with van der Waals surface area (Å²) in [5, 5.41) is 11.0. The molecule has 0 saturated carbocycles. The van der Waals surface area contributed by atoms with E-state index in [9.17, 15) is 14.7 Å². The summed E-state index contributed by atoms with van der Waals surface area (Å²) in [5.74, 6) is -0.844. The molecule has 3 aromatic rings. The first kappa shape index (κ1) is 20.4. The van der Waals surface area contributed by atoms with E-state index in [1.165, 1.54) is 0 Å². The van der Waals surface area contributed by atoms with Crippen molar-refractivity contribution in [2.45, 2.75) is 12.5 Å². The molecule has 1 aliphatic rings. The number of methoxy groups -OCH3 is 1. The van der Waals surface area contributed by atoms with E-state index in [0.29, 0.717) is 29.8 Å². The number of hydrogen-bond donors (Lipinski definition) is 1. The highest BCUT2D eigenvalue weighted by Crippen LogP contribution is 2.40. The van der Waals surface area contributed by atoms with Gasteiger partial charge in [-0.1, -0.05) is 72.8 Å². The second-order valence-electron chi connectivity index (χ2n) is 7.37. The van der Waals surface area contributed by atoms with Gasteiger partial charge in [-0.2, -0.15) is 0 Å².